The first-order valence-electron chi connectivity index (χ1n) is 4.20. The molecule has 0 saturated carbocycles. The normalized spacial score (nSPS) is 10.3. The summed E-state index contributed by atoms with van der Waals surface area (Å²) < 4.78 is 13.5. The fraction of sp³-hybridized carbons (Fsp3) is 0. The summed E-state index contributed by atoms with van der Waals surface area (Å²) in [6.45, 7) is 0. The van der Waals surface area contributed by atoms with Crippen LogP contribution < -0.4 is 5.73 Å². The first-order valence-corrected chi connectivity index (χ1v) is 4.58. The number of aromatic nitrogens is 2. The Balaban J connectivity index is 2.63. The first kappa shape index (κ1) is 9.86. The topological polar surface area (TPSA) is 51.8 Å². The highest BCUT2D eigenvalue weighted by Gasteiger charge is 2.10. The van der Waals surface area contributed by atoms with Crippen LogP contribution in [-0.2, 0) is 0 Å². The maximum Gasteiger partial charge on any atom is 0.134 e. The molecule has 0 aliphatic rings. The van der Waals surface area contributed by atoms with Gasteiger partial charge in [-0.15, -0.1) is 0 Å². The third kappa shape index (κ3) is 1.89. The van der Waals surface area contributed by atoms with E-state index >= 15 is 0 Å². The molecule has 1 aromatic heterocycles. The molecule has 1 heterocycles. The molecule has 0 fully saturated rings. The van der Waals surface area contributed by atoms with Crippen LogP contribution in [0.1, 0.15) is 0 Å². The zero-order chi connectivity index (χ0) is 10.8. The molecule has 2 N–H and O–H groups in total. The zero-order valence-corrected chi connectivity index (χ0v) is 8.37. The van der Waals surface area contributed by atoms with E-state index in [0.29, 0.717) is 10.7 Å². The molecule has 0 aliphatic carbocycles. The second kappa shape index (κ2) is 3.82. The lowest BCUT2D eigenvalue weighted by molar-refractivity contribution is 0.631. The van der Waals surface area contributed by atoms with E-state index in [0.717, 1.165) is 0 Å². The van der Waals surface area contributed by atoms with Crippen molar-refractivity contribution < 1.29 is 4.39 Å². The van der Waals surface area contributed by atoms with Crippen molar-refractivity contribution in [2.45, 2.75) is 0 Å². The molecule has 1 aromatic carbocycles. The highest BCUT2D eigenvalue weighted by Crippen LogP contribution is 2.29. The Hall–Kier alpha value is -1.68. The van der Waals surface area contributed by atoms with Crippen LogP contribution in [0.3, 0.4) is 0 Å². The summed E-state index contributed by atoms with van der Waals surface area (Å²) in [5, 5.41) is 0.299. The quantitative estimate of drug-likeness (QED) is 0.808. The minimum Gasteiger partial charge on any atom is -0.384 e. The molecule has 0 atom stereocenters. The lowest BCUT2D eigenvalue weighted by Gasteiger charge is -2.04. The number of nitrogen functional groups attached to an aromatic ring is 1. The van der Waals surface area contributed by atoms with Crippen molar-refractivity contribution in [3.8, 4) is 11.3 Å². The number of rotatable bonds is 1. The lowest BCUT2D eigenvalue weighted by atomic mass is 10.1. The summed E-state index contributed by atoms with van der Waals surface area (Å²) in [6.07, 6.45) is 1.27. The van der Waals surface area contributed by atoms with Crippen molar-refractivity contribution in [3.63, 3.8) is 0 Å². The number of halogens is 2. The second-order valence-corrected chi connectivity index (χ2v) is 3.33. The van der Waals surface area contributed by atoms with Crippen LogP contribution >= 0.6 is 11.6 Å². The molecule has 2 rings (SSSR count). The molecule has 0 amide bonds. The summed E-state index contributed by atoms with van der Waals surface area (Å²) >= 11 is 5.88. The molecular formula is C10H7ClFN3. The van der Waals surface area contributed by atoms with E-state index in [9.17, 15) is 4.39 Å². The lowest BCUT2D eigenvalue weighted by Crippen LogP contribution is -1.94. The van der Waals surface area contributed by atoms with Gasteiger partial charge in [0.25, 0.3) is 0 Å². The monoisotopic (exact) mass is 223 g/mol. The Morgan fingerprint density at radius 2 is 2.07 bits per heavy atom. The van der Waals surface area contributed by atoms with Crippen molar-refractivity contribution >= 4 is 17.4 Å². The SMILES string of the molecule is Nc1cc(-c2c(F)cccc2Cl)ncn1. The summed E-state index contributed by atoms with van der Waals surface area (Å²) in [5.41, 5.74) is 6.10. The van der Waals surface area contributed by atoms with Crippen molar-refractivity contribution in [2.24, 2.45) is 0 Å². The minimum absolute atomic E-state index is 0.244. The average molecular weight is 224 g/mol. The van der Waals surface area contributed by atoms with Crippen LogP contribution in [0, 0.1) is 5.82 Å². The Bertz CT molecular complexity index is 482. The van der Waals surface area contributed by atoms with Crippen LogP contribution in [-0.4, -0.2) is 9.97 Å². The molecule has 76 valence electrons. The van der Waals surface area contributed by atoms with Crippen LogP contribution in [0.15, 0.2) is 30.6 Å². The van der Waals surface area contributed by atoms with Gasteiger partial charge in [-0.1, -0.05) is 17.7 Å². The molecular weight excluding hydrogens is 217 g/mol. The van der Waals surface area contributed by atoms with Crippen LogP contribution in [0.25, 0.3) is 11.3 Å². The van der Waals surface area contributed by atoms with Crippen molar-refractivity contribution in [1.29, 1.82) is 0 Å². The van der Waals surface area contributed by atoms with Gasteiger partial charge in [0, 0.05) is 6.07 Å². The summed E-state index contributed by atoms with van der Waals surface area (Å²) in [6, 6.07) is 5.92. The number of anilines is 1. The van der Waals surface area contributed by atoms with Gasteiger partial charge in [-0.2, -0.15) is 0 Å². The third-order valence-corrected chi connectivity index (χ3v) is 2.22. The highest BCUT2D eigenvalue weighted by atomic mass is 35.5. The predicted octanol–water partition coefficient (Wildman–Crippen LogP) is 2.52. The number of nitrogens with zero attached hydrogens (tertiary/aromatic N) is 2. The van der Waals surface area contributed by atoms with Gasteiger partial charge in [0.15, 0.2) is 0 Å². The molecule has 0 bridgehead atoms. The van der Waals surface area contributed by atoms with Gasteiger partial charge in [-0.05, 0) is 12.1 Å². The Labute approximate surface area is 90.7 Å². The Morgan fingerprint density at radius 3 is 2.73 bits per heavy atom. The molecule has 0 radical (unpaired) electrons. The van der Waals surface area contributed by atoms with E-state index in [2.05, 4.69) is 9.97 Å². The molecule has 0 unspecified atom stereocenters. The van der Waals surface area contributed by atoms with Gasteiger partial charge in [0.05, 0.1) is 16.3 Å². The van der Waals surface area contributed by atoms with Crippen molar-refractivity contribution in [2.75, 3.05) is 5.73 Å². The summed E-state index contributed by atoms with van der Waals surface area (Å²) in [5.74, 6) is -0.153. The van der Waals surface area contributed by atoms with Crippen LogP contribution in [0.5, 0.6) is 0 Å². The van der Waals surface area contributed by atoms with E-state index in [1.165, 1.54) is 24.5 Å². The van der Waals surface area contributed by atoms with Gasteiger partial charge in [-0.3, -0.25) is 0 Å². The maximum absolute atomic E-state index is 13.5. The van der Waals surface area contributed by atoms with Gasteiger partial charge < -0.3 is 5.73 Å². The molecule has 15 heavy (non-hydrogen) atoms. The number of hydrogen-bond donors (Lipinski definition) is 1. The predicted molar refractivity (Wildman–Crippen MR) is 56.8 cm³/mol. The maximum atomic E-state index is 13.5. The van der Waals surface area contributed by atoms with E-state index in [1.54, 1.807) is 6.07 Å². The van der Waals surface area contributed by atoms with Gasteiger partial charge in [0.2, 0.25) is 0 Å². The molecule has 3 nitrogen and oxygen atoms in total. The minimum atomic E-state index is -0.430. The smallest absolute Gasteiger partial charge is 0.134 e. The average Bonchev–Trinajstić information content (AvgIpc) is 2.17. The molecule has 2 aromatic rings. The third-order valence-electron chi connectivity index (χ3n) is 1.91. The fourth-order valence-electron chi connectivity index (χ4n) is 1.25. The zero-order valence-electron chi connectivity index (χ0n) is 7.61. The number of nitrogens with two attached hydrogens (primary N) is 1. The van der Waals surface area contributed by atoms with E-state index in [-0.39, 0.29) is 11.4 Å². The fourth-order valence-corrected chi connectivity index (χ4v) is 1.51. The number of hydrogen-bond acceptors (Lipinski definition) is 3. The summed E-state index contributed by atoms with van der Waals surface area (Å²) in [4.78, 5) is 7.64. The first-order chi connectivity index (χ1) is 7.18. The largest absolute Gasteiger partial charge is 0.384 e. The standard InChI is InChI=1S/C10H7ClFN3/c11-6-2-1-3-7(12)10(6)8-4-9(13)15-5-14-8/h1-5H,(H2,13,14,15). The van der Waals surface area contributed by atoms with Gasteiger partial charge >= 0.3 is 0 Å². The van der Waals surface area contributed by atoms with Crippen molar-refractivity contribution in [1.82, 2.24) is 9.97 Å². The highest BCUT2D eigenvalue weighted by molar-refractivity contribution is 6.33. The van der Waals surface area contributed by atoms with Gasteiger partial charge in [-0.25, -0.2) is 14.4 Å². The molecule has 0 aliphatic heterocycles. The van der Waals surface area contributed by atoms with E-state index in [1.807, 2.05) is 0 Å². The second-order valence-electron chi connectivity index (χ2n) is 2.92. The van der Waals surface area contributed by atoms with Crippen LogP contribution in [0.2, 0.25) is 5.02 Å². The Morgan fingerprint density at radius 1 is 1.27 bits per heavy atom. The van der Waals surface area contributed by atoms with Gasteiger partial charge in [0.1, 0.15) is 18.0 Å². The molecule has 5 heteroatoms. The number of benzene rings is 1. The molecule has 0 spiro atoms. The van der Waals surface area contributed by atoms with Crippen LogP contribution in [0.4, 0.5) is 10.2 Å². The summed E-state index contributed by atoms with van der Waals surface area (Å²) in [7, 11) is 0. The van der Waals surface area contributed by atoms with E-state index < -0.39 is 5.82 Å². The Kier molecular flexibility index (Phi) is 2.51. The molecule has 0 saturated heterocycles. The van der Waals surface area contributed by atoms with Crippen molar-refractivity contribution in [3.05, 3.63) is 41.4 Å². The van der Waals surface area contributed by atoms with E-state index in [4.69, 9.17) is 17.3 Å².